The Kier molecular flexibility index (Phi) is 5.57. The average molecular weight is 403 g/mol. The molecule has 5 N–H and O–H groups in total. The highest BCUT2D eigenvalue weighted by Gasteiger charge is 2.24. The number of aromatic nitrogens is 1. The number of thiophene rings is 2. The van der Waals surface area contributed by atoms with Crippen molar-refractivity contribution >= 4 is 50.3 Å². The summed E-state index contributed by atoms with van der Waals surface area (Å²) in [6.45, 7) is 0.163. The molecule has 0 spiro atoms. The van der Waals surface area contributed by atoms with Gasteiger partial charge in [-0.05, 0) is 11.4 Å². The molecule has 0 aliphatic heterocycles. The molecule has 0 aromatic carbocycles. The second-order valence-corrected chi connectivity index (χ2v) is 7.42. The van der Waals surface area contributed by atoms with E-state index in [9.17, 15) is 10.1 Å². The maximum atomic E-state index is 12.6. The van der Waals surface area contributed by atoms with Crippen molar-refractivity contribution in [3.8, 4) is 16.5 Å². The Balaban J connectivity index is 2.11. The minimum absolute atomic E-state index is 0.112. The summed E-state index contributed by atoms with van der Waals surface area (Å²) in [6.07, 6.45) is -0.565. The Morgan fingerprint density at radius 1 is 1.41 bits per heavy atom. The first-order valence-electron chi connectivity index (χ1n) is 7.81. The van der Waals surface area contributed by atoms with Crippen molar-refractivity contribution in [3.05, 3.63) is 28.0 Å². The number of pyridine rings is 1. The van der Waals surface area contributed by atoms with Gasteiger partial charge in [0, 0.05) is 30.0 Å². The number of carbonyl (C=O) groups is 1. The molecule has 0 atom stereocenters. The van der Waals surface area contributed by atoms with Gasteiger partial charge in [0.1, 0.15) is 27.2 Å². The van der Waals surface area contributed by atoms with E-state index in [0.717, 1.165) is 16.2 Å². The van der Waals surface area contributed by atoms with Crippen molar-refractivity contribution in [1.29, 1.82) is 5.26 Å². The number of nitrogen functional groups attached to an aromatic ring is 2. The molecule has 3 rings (SSSR count). The Labute approximate surface area is 163 Å². The predicted molar refractivity (Wildman–Crippen MR) is 107 cm³/mol. The molecule has 3 aromatic rings. The number of rotatable bonds is 6. The van der Waals surface area contributed by atoms with Crippen molar-refractivity contribution in [1.82, 2.24) is 10.3 Å². The smallest absolute Gasteiger partial charge is 0.263 e. The van der Waals surface area contributed by atoms with Crippen molar-refractivity contribution in [2.75, 3.05) is 32.2 Å². The standard InChI is InChI=1S/C17H17N5O3S2/c1-24-10(25-2)7-21-16(23)14-13(19)12-11(9-4-3-5-26-9)8(6-18)15(20)22-17(12)27-14/h3-5,10H,7,19H2,1-2H3,(H2,20,22)(H,21,23). The van der Waals surface area contributed by atoms with Crippen molar-refractivity contribution in [2.45, 2.75) is 6.29 Å². The van der Waals surface area contributed by atoms with Crippen molar-refractivity contribution in [3.63, 3.8) is 0 Å². The van der Waals surface area contributed by atoms with Gasteiger partial charge in [0.25, 0.3) is 5.91 Å². The van der Waals surface area contributed by atoms with E-state index in [2.05, 4.69) is 16.4 Å². The highest BCUT2D eigenvalue weighted by molar-refractivity contribution is 7.21. The summed E-state index contributed by atoms with van der Waals surface area (Å²) in [5.74, 6) is -0.260. The molecule has 27 heavy (non-hydrogen) atoms. The van der Waals surface area contributed by atoms with Gasteiger partial charge >= 0.3 is 0 Å². The first-order chi connectivity index (χ1) is 13.0. The molecular weight excluding hydrogens is 386 g/mol. The second kappa shape index (κ2) is 7.89. The van der Waals surface area contributed by atoms with Crippen LogP contribution in [0.1, 0.15) is 15.2 Å². The van der Waals surface area contributed by atoms with Crippen LogP contribution in [0, 0.1) is 11.3 Å². The number of amides is 1. The zero-order chi connectivity index (χ0) is 19.6. The lowest BCUT2D eigenvalue weighted by Gasteiger charge is -2.13. The summed E-state index contributed by atoms with van der Waals surface area (Å²) in [4.78, 5) is 18.5. The fourth-order valence-corrected chi connectivity index (χ4v) is 4.45. The molecule has 0 unspecified atom stereocenters. The second-order valence-electron chi connectivity index (χ2n) is 5.47. The summed E-state index contributed by atoms with van der Waals surface area (Å²) in [7, 11) is 2.97. The minimum atomic E-state index is -0.565. The largest absolute Gasteiger partial charge is 0.397 e. The van der Waals surface area contributed by atoms with E-state index in [4.69, 9.17) is 20.9 Å². The number of anilines is 2. The zero-order valence-electron chi connectivity index (χ0n) is 14.6. The molecule has 8 nitrogen and oxygen atoms in total. The summed E-state index contributed by atoms with van der Waals surface area (Å²) in [5.41, 5.74) is 13.4. The molecule has 3 aromatic heterocycles. The Morgan fingerprint density at radius 2 is 2.15 bits per heavy atom. The van der Waals surface area contributed by atoms with Crippen LogP contribution in [0.4, 0.5) is 11.5 Å². The quantitative estimate of drug-likeness (QED) is 0.538. The van der Waals surface area contributed by atoms with E-state index < -0.39 is 6.29 Å². The highest BCUT2D eigenvalue weighted by Crippen LogP contribution is 2.43. The molecule has 0 aliphatic carbocycles. The van der Waals surface area contributed by atoms with Crippen LogP contribution in [0.15, 0.2) is 17.5 Å². The Morgan fingerprint density at radius 3 is 2.74 bits per heavy atom. The van der Waals surface area contributed by atoms with Crippen molar-refractivity contribution < 1.29 is 14.3 Å². The maximum Gasteiger partial charge on any atom is 0.263 e. The molecule has 0 saturated heterocycles. The van der Waals surface area contributed by atoms with Crippen LogP contribution in [-0.4, -0.2) is 37.9 Å². The third-order valence-electron chi connectivity index (χ3n) is 3.95. The van der Waals surface area contributed by atoms with Gasteiger partial charge in [-0.25, -0.2) is 4.98 Å². The van der Waals surface area contributed by atoms with Gasteiger partial charge in [-0.3, -0.25) is 4.79 Å². The molecule has 1 amide bonds. The number of methoxy groups -OCH3 is 2. The molecule has 0 aliphatic rings. The lowest BCUT2D eigenvalue weighted by molar-refractivity contribution is -0.0974. The number of hydrogen-bond donors (Lipinski definition) is 3. The van der Waals surface area contributed by atoms with Crippen LogP contribution in [-0.2, 0) is 9.47 Å². The number of carbonyl (C=O) groups excluding carboxylic acids is 1. The lowest BCUT2D eigenvalue weighted by atomic mass is 10.0. The number of nitrogens with zero attached hydrogens (tertiary/aromatic N) is 2. The van der Waals surface area contributed by atoms with E-state index in [0.29, 0.717) is 20.7 Å². The number of nitrogens with one attached hydrogen (secondary N) is 1. The fourth-order valence-electron chi connectivity index (χ4n) is 2.64. The van der Waals surface area contributed by atoms with Crippen LogP contribution >= 0.6 is 22.7 Å². The SMILES string of the molecule is COC(CNC(=O)c1sc2nc(N)c(C#N)c(-c3cccs3)c2c1N)OC. The summed E-state index contributed by atoms with van der Waals surface area (Å²) < 4.78 is 10.1. The van der Waals surface area contributed by atoms with Crippen LogP contribution in [0.3, 0.4) is 0 Å². The predicted octanol–water partition coefficient (Wildman–Crippen LogP) is 2.41. The van der Waals surface area contributed by atoms with Crippen LogP contribution < -0.4 is 16.8 Å². The van der Waals surface area contributed by atoms with E-state index >= 15 is 0 Å². The number of hydrogen-bond acceptors (Lipinski definition) is 9. The summed E-state index contributed by atoms with van der Waals surface area (Å²) >= 11 is 2.59. The third-order valence-corrected chi connectivity index (χ3v) is 5.93. The normalized spacial score (nSPS) is 11.0. The third kappa shape index (κ3) is 3.45. The highest BCUT2D eigenvalue weighted by atomic mass is 32.1. The molecule has 0 saturated carbocycles. The molecule has 3 heterocycles. The number of nitrogens with two attached hydrogens (primary N) is 2. The summed E-state index contributed by atoms with van der Waals surface area (Å²) in [6, 6.07) is 5.84. The Bertz CT molecular complexity index is 1020. The molecule has 0 radical (unpaired) electrons. The first-order valence-corrected chi connectivity index (χ1v) is 9.50. The van der Waals surface area contributed by atoms with Gasteiger partial charge in [0.15, 0.2) is 6.29 Å². The molecule has 0 bridgehead atoms. The van der Waals surface area contributed by atoms with E-state index in [-0.39, 0.29) is 29.5 Å². The van der Waals surface area contributed by atoms with Crippen LogP contribution in [0.25, 0.3) is 20.7 Å². The van der Waals surface area contributed by atoms with E-state index in [1.54, 1.807) is 0 Å². The van der Waals surface area contributed by atoms with Gasteiger partial charge in [-0.1, -0.05) is 6.07 Å². The van der Waals surface area contributed by atoms with Crippen LogP contribution in [0.5, 0.6) is 0 Å². The maximum absolute atomic E-state index is 12.6. The van der Waals surface area contributed by atoms with E-state index in [1.165, 1.54) is 25.6 Å². The van der Waals surface area contributed by atoms with Gasteiger partial charge in [-0.15, -0.1) is 22.7 Å². The first kappa shape index (κ1) is 19.1. The molecular formula is C17H17N5O3S2. The van der Waals surface area contributed by atoms with Gasteiger partial charge < -0.3 is 26.3 Å². The summed E-state index contributed by atoms with van der Waals surface area (Å²) in [5, 5.41) is 14.7. The van der Waals surface area contributed by atoms with Crippen molar-refractivity contribution in [2.24, 2.45) is 0 Å². The zero-order valence-corrected chi connectivity index (χ0v) is 16.2. The number of nitriles is 1. The fraction of sp³-hybridized carbons (Fsp3) is 0.235. The average Bonchev–Trinajstić information content (AvgIpc) is 3.30. The molecule has 140 valence electrons. The number of ether oxygens (including phenoxy) is 2. The lowest BCUT2D eigenvalue weighted by Crippen LogP contribution is -2.34. The molecule has 10 heteroatoms. The minimum Gasteiger partial charge on any atom is -0.397 e. The van der Waals surface area contributed by atoms with Gasteiger partial charge in [-0.2, -0.15) is 5.26 Å². The monoisotopic (exact) mass is 403 g/mol. The number of fused-ring (bicyclic) bond motifs is 1. The Hall–Kier alpha value is -2.71. The van der Waals surface area contributed by atoms with Gasteiger partial charge in [0.05, 0.1) is 12.2 Å². The van der Waals surface area contributed by atoms with Gasteiger partial charge in [0.2, 0.25) is 0 Å². The molecule has 0 fully saturated rings. The van der Waals surface area contributed by atoms with Crippen LogP contribution in [0.2, 0.25) is 0 Å². The topological polar surface area (TPSA) is 136 Å². The van der Waals surface area contributed by atoms with E-state index in [1.807, 2.05) is 17.5 Å².